The summed E-state index contributed by atoms with van der Waals surface area (Å²) in [5.41, 5.74) is 3.52. The van der Waals surface area contributed by atoms with Crippen molar-refractivity contribution in [2.24, 2.45) is 0 Å². The van der Waals surface area contributed by atoms with E-state index in [0.29, 0.717) is 6.54 Å². The Morgan fingerprint density at radius 2 is 2.12 bits per heavy atom. The van der Waals surface area contributed by atoms with Gasteiger partial charge < -0.3 is 4.90 Å². The zero-order valence-corrected chi connectivity index (χ0v) is 14.9. The minimum absolute atomic E-state index is 0.0978. The zero-order valence-electron chi connectivity index (χ0n) is 14.9. The molecule has 0 N–H and O–H groups in total. The maximum absolute atomic E-state index is 12.9. The van der Waals surface area contributed by atoms with Crippen LogP contribution in [-0.2, 0) is 0 Å². The Morgan fingerprint density at radius 1 is 1.27 bits per heavy atom. The standard InChI is InChI=1S/C21H22N4O/c1-2-3-6-18-7-4-13-24(18)21(26)17-10-8-16(9-11-17)19-15-23-25-14-5-12-22-20(19)25/h4-5,7-12,14-15,18H,2-3,6,13H2,1H3/t18-/m1/s1. The van der Waals surface area contributed by atoms with Gasteiger partial charge in [0.1, 0.15) is 0 Å². The fraction of sp³-hybridized carbons (Fsp3) is 0.286. The molecule has 132 valence electrons. The summed E-state index contributed by atoms with van der Waals surface area (Å²) in [4.78, 5) is 19.2. The Bertz CT molecular complexity index is 942. The summed E-state index contributed by atoms with van der Waals surface area (Å²) in [5, 5.41) is 4.32. The predicted molar refractivity (Wildman–Crippen MR) is 102 cm³/mol. The third-order valence-electron chi connectivity index (χ3n) is 4.90. The average molecular weight is 346 g/mol. The molecule has 0 aliphatic carbocycles. The number of nitrogens with zero attached hydrogens (tertiary/aromatic N) is 4. The molecule has 2 aromatic heterocycles. The molecule has 5 heteroatoms. The first-order chi connectivity index (χ1) is 12.8. The van der Waals surface area contributed by atoms with Gasteiger partial charge in [-0.05, 0) is 30.2 Å². The smallest absolute Gasteiger partial charge is 0.254 e. The third kappa shape index (κ3) is 3.01. The number of hydrogen-bond acceptors (Lipinski definition) is 3. The molecule has 1 atom stereocenters. The van der Waals surface area contributed by atoms with Crippen molar-refractivity contribution in [1.82, 2.24) is 19.5 Å². The normalized spacial score (nSPS) is 16.5. The van der Waals surface area contributed by atoms with E-state index in [1.807, 2.05) is 47.6 Å². The third-order valence-corrected chi connectivity index (χ3v) is 4.90. The fourth-order valence-corrected chi connectivity index (χ4v) is 3.46. The lowest BCUT2D eigenvalue weighted by molar-refractivity contribution is 0.0743. The van der Waals surface area contributed by atoms with Gasteiger partial charge >= 0.3 is 0 Å². The van der Waals surface area contributed by atoms with E-state index in [9.17, 15) is 4.79 Å². The predicted octanol–water partition coefficient (Wildman–Crippen LogP) is 3.97. The molecule has 1 aliphatic heterocycles. The molecule has 1 amide bonds. The summed E-state index contributed by atoms with van der Waals surface area (Å²) < 4.78 is 1.75. The van der Waals surface area contributed by atoms with Gasteiger partial charge in [-0.3, -0.25) is 4.79 Å². The highest BCUT2D eigenvalue weighted by atomic mass is 16.2. The number of amides is 1. The molecule has 4 rings (SSSR count). The quantitative estimate of drug-likeness (QED) is 0.657. The zero-order chi connectivity index (χ0) is 17.9. The summed E-state index contributed by atoms with van der Waals surface area (Å²) in [6.45, 7) is 2.88. The number of carbonyl (C=O) groups excluding carboxylic acids is 1. The van der Waals surface area contributed by atoms with Gasteiger partial charge in [0.2, 0.25) is 0 Å². The van der Waals surface area contributed by atoms with Gasteiger partial charge in [-0.15, -0.1) is 0 Å². The molecule has 1 aliphatic rings. The van der Waals surface area contributed by atoms with Crippen molar-refractivity contribution >= 4 is 11.6 Å². The second kappa shape index (κ2) is 7.12. The molecular formula is C21H22N4O. The van der Waals surface area contributed by atoms with E-state index in [4.69, 9.17) is 0 Å². The van der Waals surface area contributed by atoms with Gasteiger partial charge in [0, 0.05) is 30.1 Å². The summed E-state index contributed by atoms with van der Waals surface area (Å²) in [7, 11) is 0. The number of aromatic nitrogens is 3. The lowest BCUT2D eigenvalue weighted by Crippen LogP contribution is -2.36. The highest BCUT2D eigenvalue weighted by Gasteiger charge is 2.25. The number of rotatable bonds is 5. The van der Waals surface area contributed by atoms with Gasteiger partial charge in [0.15, 0.2) is 5.65 Å². The minimum Gasteiger partial charge on any atom is -0.328 e. The van der Waals surface area contributed by atoms with Crippen molar-refractivity contribution in [3.63, 3.8) is 0 Å². The highest BCUT2D eigenvalue weighted by molar-refractivity contribution is 5.95. The van der Waals surface area contributed by atoms with Gasteiger partial charge in [0.25, 0.3) is 5.91 Å². The van der Waals surface area contributed by atoms with Crippen LogP contribution in [0.25, 0.3) is 16.8 Å². The monoisotopic (exact) mass is 346 g/mol. The summed E-state index contributed by atoms with van der Waals surface area (Å²) in [6, 6.07) is 9.84. The van der Waals surface area contributed by atoms with Crippen molar-refractivity contribution in [3.8, 4) is 11.1 Å². The molecular weight excluding hydrogens is 324 g/mol. The molecule has 3 heterocycles. The number of fused-ring (bicyclic) bond motifs is 1. The van der Waals surface area contributed by atoms with Crippen LogP contribution in [0.4, 0.5) is 0 Å². The SMILES string of the molecule is CCCC[C@@H]1C=CCN1C(=O)c1ccc(-c2cnn3cccnc23)cc1. The molecule has 5 nitrogen and oxygen atoms in total. The average Bonchev–Trinajstić information content (AvgIpc) is 3.33. The Morgan fingerprint density at radius 3 is 2.92 bits per heavy atom. The van der Waals surface area contributed by atoms with E-state index in [0.717, 1.165) is 41.6 Å². The van der Waals surface area contributed by atoms with E-state index in [-0.39, 0.29) is 11.9 Å². The first-order valence-corrected chi connectivity index (χ1v) is 9.14. The maximum Gasteiger partial charge on any atom is 0.254 e. The molecule has 0 saturated carbocycles. The van der Waals surface area contributed by atoms with E-state index in [1.165, 1.54) is 0 Å². The molecule has 3 aromatic rings. The lowest BCUT2D eigenvalue weighted by atomic mass is 10.0. The molecule has 0 bridgehead atoms. The highest BCUT2D eigenvalue weighted by Crippen LogP contribution is 2.25. The van der Waals surface area contributed by atoms with E-state index >= 15 is 0 Å². The lowest BCUT2D eigenvalue weighted by Gasteiger charge is -2.24. The molecule has 0 fully saturated rings. The molecule has 26 heavy (non-hydrogen) atoms. The number of unbranched alkanes of at least 4 members (excludes halogenated alkanes) is 1. The first kappa shape index (κ1) is 16.5. The van der Waals surface area contributed by atoms with E-state index in [2.05, 4.69) is 29.2 Å². The first-order valence-electron chi connectivity index (χ1n) is 9.14. The van der Waals surface area contributed by atoms with Crippen molar-refractivity contribution in [1.29, 1.82) is 0 Å². The topological polar surface area (TPSA) is 50.5 Å². The Balaban J connectivity index is 1.55. The number of carbonyl (C=O) groups is 1. The van der Waals surface area contributed by atoms with Crippen molar-refractivity contribution < 1.29 is 4.79 Å². The van der Waals surface area contributed by atoms with Crippen LogP contribution in [0.1, 0.15) is 36.5 Å². The van der Waals surface area contributed by atoms with Crippen molar-refractivity contribution in [2.75, 3.05) is 6.54 Å². The molecule has 0 unspecified atom stereocenters. The van der Waals surface area contributed by atoms with Crippen molar-refractivity contribution in [2.45, 2.75) is 32.2 Å². The minimum atomic E-state index is 0.0978. The summed E-state index contributed by atoms with van der Waals surface area (Å²) in [6.07, 6.45) is 13.0. The van der Waals surface area contributed by atoms with Gasteiger partial charge in [0.05, 0.1) is 12.2 Å². The maximum atomic E-state index is 12.9. The number of benzene rings is 1. The molecule has 0 radical (unpaired) electrons. The largest absolute Gasteiger partial charge is 0.328 e. The Kier molecular flexibility index (Phi) is 4.52. The van der Waals surface area contributed by atoms with Gasteiger partial charge in [-0.25, -0.2) is 9.50 Å². The van der Waals surface area contributed by atoms with E-state index in [1.54, 1.807) is 10.7 Å². The Hall–Kier alpha value is -2.95. The van der Waals surface area contributed by atoms with E-state index < -0.39 is 0 Å². The van der Waals surface area contributed by atoms with Crippen LogP contribution in [0, 0.1) is 0 Å². The molecule has 0 saturated heterocycles. The number of hydrogen-bond donors (Lipinski definition) is 0. The van der Waals surface area contributed by atoms with Crippen LogP contribution in [-0.4, -0.2) is 38.0 Å². The fourth-order valence-electron chi connectivity index (χ4n) is 3.46. The Labute approximate surface area is 153 Å². The molecule has 0 spiro atoms. The summed E-state index contributed by atoms with van der Waals surface area (Å²) >= 11 is 0. The van der Waals surface area contributed by atoms with Crippen molar-refractivity contribution in [3.05, 3.63) is 66.6 Å². The van der Waals surface area contributed by atoms with Gasteiger partial charge in [-0.1, -0.05) is 44.1 Å². The van der Waals surface area contributed by atoms with Crippen LogP contribution in [0.3, 0.4) is 0 Å². The van der Waals surface area contributed by atoms with Crippen LogP contribution >= 0.6 is 0 Å². The second-order valence-corrected chi connectivity index (χ2v) is 6.62. The van der Waals surface area contributed by atoms with Crippen LogP contribution in [0.2, 0.25) is 0 Å². The summed E-state index contributed by atoms with van der Waals surface area (Å²) in [5.74, 6) is 0.0978. The second-order valence-electron chi connectivity index (χ2n) is 6.62. The van der Waals surface area contributed by atoms with Gasteiger partial charge in [-0.2, -0.15) is 5.10 Å². The van der Waals surface area contributed by atoms with Crippen LogP contribution < -0.4 is 0 Å². The molecule has 1 aromatic carbocycles. The van der Waals surface area contributed by atoms with Crippen LogP contribution in [0.15, 0.2) is 61.1 Å². The van der Waals surface area contributed by atoms with Crippen LogP contribution in [0.5, 0.6) is 0 Å².